The fraction of sp³-hybridized carbons (Fsp3) is 0.250. The number of para-hydroxylation sites is 1. The van der Waals surface area contributed by atoms with Crippen LogP contribution in [0.25, 0.3) is 22.0 Å². The van der Waals surface area contributed by atoms with Crippen molar-refractivity contribution in [2.24, 2.45) is 0 Å². The van der Waals surface area contributed by atoms with Crippen LogP contribution >= 0.6 is 12.4 Å². The lowest BCUT2D eigenvalue weighted by Crippen LogP contribution is -2.17. The summed E-state index contributed by atoms with van der Waals surface area (Å²) in [6, 6.07) is 13.1. The number of benzene rings is 3. The third-order valence-corrected chi connectivity index (χ3v) is 6.13. The zero-order valence-corrected chi connectivity index (χ0v) is 22.0. The molecule has 0 spiro atoms. The number of hydrogen-bond donors (Lipinski definition) is 3. The maximum absolute atomic E-state index is 13.3. The van der Waals surface area contributed by atoms with Crippen LogP contribution in [-0.2, 0) is 18.9 Å². The van der Waals surface area contributed by atoms with Crippen molar-refractivity contribution >= 4 is 29.0 Å². The van der Waals surface area contributed by atoms with E-state index in [4.69, 9.17) is 4.74 Å². The predicted octanol–water partition coefficient (Wildman–Crippen LogP) is 7.67. The number of ether oxygens (including phenoxy) is 1. The molecule has 0 radical (unpaired) electrons. The van der Waals surface area contributed by atoms with E-state index in [1.165, 1.54) is 25.4 Å². The van der Waals surface area contributed by atoms with Crippen molar-refractivity contribution in [3.05, 3.63) is 83.6 Å². The van der Waals surface area contributed by atoms with Crippen LogP contribution in [0.3, 0.4) is 0 Å². The molecular formula is C28H26ClF6N3O2. The van der Waals surface area contributed by atoms with E-state index in [2.05, 4.69) is 15.6 Å². The van der Waals surface area contributed by atoms with E-state index in [0.29, 0.717) is 54.0 Å². The van der Waals surface area contributed by atoms with Gasteiger partial charge in [0, 0.05) is 35.9 Å². The SMILES string of the molecule is COc1cccc(CNCCCNc2ccnc3cc(-c4cc(C(F)(F)F)cc(C(F)(F)F)c4)ccc23)c1O.Cl. The van der Waals surface area contributed by atoms with Crippen LogP contribution in [0.4, 0.5) is 32.0 Å². The van der Waals surface area contributed by atoms with Gasteiger partial charge in [-0.3, -0.25) is 4.98 Å². The van der Waals surface area contributed by atoms with Crippen LogP contribution in [0.15, 0.2) is 66.9 Å². The normalized spacial score (nSPS) is 11.8. The molecule has 1 aromatic heterocycles. The molecule has 1 heterocycles. The maximum atomic E-state index is 13.3. The van der Waals surface area contributed by atoms with Gasteiger partial charge in [-0.15, -0.1) is 12.4 Å². The molecule has 12 heteroatoms. The van der Waals surface area contributed by atoms with Gasteiger partial charge in [0.15, 0.2) is 11.5 Å². The molecule has 0 saturated heterocycles. The van der Waals surface area contributed by atoms with E-state index in [1.807, 2.05) is 0 Å². The number of halogens is 7. The summed E-state index contributed by atoms with van der Waals surface area (Å²) < 4.78 is 84.8. The largest absolute Gasteiger partial charge is 0.504 e. The smallest absolute Gasteiger partial charge is 0.416 e. The van der Waals surface area contributed by atoms with Gasteiger partial charge < -0.3 is 20.5 Å². The van der Waals surface area contributed by atoms with Crippen molar-refractivity contribution in [2.75, 3.05) is 25.5 Å². The number of alkyl halides is 6. The Bertz CT molecular complexity index is 1430. The van der Waals surface area contributed by atoms with Crippen LogP contribution < -0.4 is 15.4 Å². The highest BCUT2D eigenvalue weighted by molar-refractivity contribution is 5.93. The topological polar surface area (TPSA) is 66.4 Å². The monoisotopic (exact) mass is 585 g/mol. The number of phenolic OH excluding ortho intramolecular Hbond substituents is 1. The third kappa shape index (κ3) is 7.28. The van der Waals surface area contributed by atoms with Crippen molar-refractivity contribution in [3.63, 3.8) is 0 Å². The third-order valence-electron chi connectivity index (χ3n) is 6.13. The highest BCUT2D eigenvalue weighted by Crippen LogP contribution is 2.39. The lowest BCUT2D eigenvalue weighted by molar-refractivity contribution is -0.143. The Balaban J connectivity index is 0.00000441. The quantitative estimate of drug-likeness (QED) is 0.139. The molecular weight excluding hydrogens is 560 g/mol. The van der Waals surface area contributed by atoms with Gasteiger partial charge in [-0.05, 0) is 60.5 Å². The highest BCUT2D eigenvalue weighted by Gasteiger charge is 2.37. The van der Waals surface area contributed by atoms with Gasteiger partial charge in [0.2, 0.25) is 0 Å². The number of pyridine rings is 1. The molecule has 0 aliphatic heterocycles. The summed E-state index contributed by atoms with van der Waals surface area (Å²) in [5.41, 5.74) is -0.883. The van der Waals surface area contributed by atoms with Crippen LogP contribution in [0.1, 0.15) is 23.1 Å². The number of phenols is 1. The first kappa shape index (κ1) is 30.8. The Labute approximate surface area is 232 Å². The Hall–Kier alpha value is -3.70. The summed E-state index contributed by atoms with van der Waals surface area (Å²) in [6.07, 6.45) is -7.60. The minimum Gasteiger partial charge on any atom is -0.504 e. The second-order valence-corrected chi connectivity index (χ2v) is 8.81. The molecule has 0 fully saturated rings. The second-order valence-electron chi connectivity index (χ2n) is 8.81. The van der Waals surface area contributed by atoms with E-state index in [-0.39, 0.29) is 35.3 Å². The van der Waals surface area contributed by atoms with Gasteiger partial charge in [0.25, 0.3) is 0 Å². The minimum absolute atomic E-state index is 0. The summed E-state index contributed by atoms with van der Waals surface area (Å²) in [6.45, 7) is 1.68. The average molecular weight is 586 g/mol. The van der Waals surface area contributed by atoms with Crippen molar-refractivity contribution in [3.8, 4) is 22.6 Å². The number of fused-ring (bicyclic) bond motifs is 1. The summed E-state index contributed by atoms with van der Waals surface area (Å²) in [5, 5.41) is 17.4. The number of methoxy groups -OCH3 is 1. The van der Waals surface area contributed by atoms with Gasteiger partial charge in [-0.25, -0.2) is 0 Å². The fourth-order valence-electron chi connectivity index (χ4n) is 4.14. The molecule has 0 aliphatic rings. The molecule has 0 saturated carbocycles. The Kier molecular flexibility index (Phi) is 9.75. The molecule has 4 aromatic rings. The van der Waals surface area contributed by atoms with E-state index < -0.39 is 23.5 Å². The van der Waals surface area contributed by atoms with E-state index >= 15 is 0 Å². The number of hydrogen-bond acceptors (Lipinski definition) is 5. The summed E-state index contributed by atoms with van der Waals surface area (Å²) in [5.74, 6) is 0.491. The number of nitrogens with one attached hydrogen (secondary N) is 2. The van der Waals surface area contributed by atoms with Crippen molar-refractivity contribution in [1.82, 2.24) is 10.3 Å². The molecule has 214 valence electrons. The molecule has 0 amide bonds. The second kappa shape index (κ2) is 12.6. The Morgan fingerprint density at radius 3 is 2.20 bits per heavy atom. The number of nitrogens with zero attached hydrogens (tertiary/aromatic N) is 1. The Morgan fingerprint density at radius 1 is 0.850 bits per heavy atom. The molecule has 3 N–H and O–H groups in total. The van der Waals surface area contributed by atoms with Gasteiger partial charge in [-0.1, -0.05) is 24.3 Å². The van der Waals surface area contributed by atoms with Crippen molar-refractivity contribution in [2.45, 2.75) is 25.3 Å². The first-order valence-electron chi connectivity index (χ1n) is 12.0. The molecule has 0 aliphatic carbocycles. The number of aromatic hydroxyl groups is 1. The molecule has 4 rings (SSSR count). The van der Waals surface area contributed by atoms with E-state index in [0.717, 1.165) is 12.1 Å². The van der Waals surface area contributed by atoms with Crippen LogP contribution in [0.5, 0.6) is 11.5 Å². The molecule has 0 bridgehead atoms. The average Bonchev–Trinajstić information content (AvgIpc) is 2.90. The fourth-order valence-corrected chi connectivity index (χ4v) is 4.14. The van der Waals surface area contributed by atoms with E-state index in [1.54, 1.807) is 30.3 Å². The molecule has 3 aromatic carbocycles. The highest BCUT2D eigenvalue weighted by atomic mass is 35.5. The lowest BCUT2D eigenvalue weighted by Gasteiger charge is -2.15. The van der Waals surface area contributed by atoms with Gasteiger partial charge in [-0.2, -0.15) is 26.3 Å². The standard InChI is InChI=1S/C28H25F6N3O2.ClH/c1-39-25-5-2-4-18(26(25)38)16-35-9-3-10-36-23-8-11-37-24-14-17(6-7-22(23)24)19-12-20(27(29,30)31)15-21(13-19)28(32,33)34;/h2,4-8,11-15,35,38H,3,9-10,16H2,1H3,(H,36,37);1H. The van der Waals surface area contributed by atoms with Gasteiger partial charge in [0.05, 0.1) is 23.8 Å². The first-order chi connectivity index (χ1) is 18.5. The van der Waals surface area contributed by atoms with Crippen LogP contribution in [0.2, 0.25) is 0 Å². The van der Waals surface area contributed by atoms with Gasteiger partial charge >= 0.3 is 12.4 Å². The van der Waals surface area contributed by atoms with E-state index in [9.17, 15) is 31.4 Å². The van der Waals surface area contributed by atoms with Crippen LogP contribution in [-0.4, -0.2) is 30.3 Å². The summed E-state index contributed by atoms with van der Waals surface area (Å²) in [4.78, 5) is 4.25. The molecule has 5 nitrogen and oxygen atoms in total. The van der Waals surface area contributed by atoms with Crippen molar-refractivity contribution in [1.29, 1.82) is 0 Å². The molecule has 40 heavy (non-hydrogen) atoms. The maximum Gasteiger partial charge on any atom is 0.416 e. The van der Waals surface area contributed by atoms with Crippen LogP contribution in [0, 0.1) is 0 Å². The minimum atomic E-state index is -4.93. The molecule has 0 unspecified atom stereocenters. The summed E-state index contributed by atoms with van der Waals surface area (Å²) in [7, 11) is 1.48. The van der Waals surface area contributed by atoms with Crippen molar-refractivity contribution < 1.29 is 36.2 Å². The number of anilines is 1. The number of rotatable bonds is 9. The summed E-state index contributed by atoms with van der Waals surface area (Å²) >= 11 is 0. The predicted molar refractivity (Wildman–Crippen MR) is 144 cm³/mol. The Morgan fingerprint density at radius 2 is 1.55 bits per heavy atom. The van der Waals surface area contributed by atoms with Gasteiger partial charge in [0.1, 0.15) is 0 Å². The lowest BCUT2D eigenvalue weighted by atomic mass is 9.98. The molecule has 0 atom stereocenters. The zero-order chi connectivity index (χ0) is 28.2. The first-order valence-corrected chi connectivity index (χ1v) is 12.0. The zero-order valence-electron chi connectivity index (χ0n) is 21.2. The number of aromatic nitrogens is 1.